The molecule has 1 aromatic carbocycles. The maximum absolute atomic E-state index is 10.8. The van der Waals surface area contributed by atoms with E-state index in [0.717, 1.165) is 24.0 Å². The molecule has 1 aromatic heterocycles. The number of rotatable bonds is 5. The van der Waals surface area contributed by atoms with Crippen molar-refractivity contribution in [3.8, 4) is 0 Å². The van der Waals surface area contributed by atoms with Crippen LogP contribution in [0.2, 0.25) is 0 Å². The van der Waals surface area contributed by atoms with Crippen molar-refractivity contribution in [1.29, 1.82) is 0 Å². The van der Waals surface area contributed by atoms with Gasteiger partial charge in [-0.2, -0.15) is 0 Å². The van der Waals surface area contributed by atoms with Crippen LogP contribution in [0.1, 0.15) is 30.9 Å². The zero-order chi connectivity index (χ0) is 12.1. The van der Waals surface area contributed by atoms with Gasteiger partial charge in [-0.1, -0.05) is 43.7 Å². The minimum Gasteiger partial charge on any atom is -0.472 e. The van der Waals surface area contributed by atoms with E-state index in [-0.39, 0.29) is 0 Å². The fraction of sp³-hybridized carbons (Fsp3) is 0.333. The monoisotopic (exact) mass is 230 g/mol. The van der Waals surface area contributed by atoms with E-state index < -0.39 is 5.60 Å². The first-order chi connectivity index (χ1) is 8.24. The van der Waals surface area contributed by atoms with Gasteiger partial charge in [0.05, 0.1) is 18.1 Å². The van der Waals surface area contributed by atoms with Crippen LogP contribution in [0.5, 0.6) is 0 Å². The van der Waals surface area contributed by atoms with Gasteiger partial charge in [0.15, 0.2) is 0 Å². The van der Waals surface area contributed by atoms with E-state index in [2.05, 4.69) is 6.92 Å². The van der Waals surface area contributed by atoms with Crippen LogP contribution < -0.4 is 0 Å². The van der Waals surface area contributed by atoms with Crippen molar-refractivity contribution >= 4 is 0 Å². The van der Waals surface area contributed by atoms with Crippen molar-refractivity contribution in [2.45, 2.75) is 31.8 Å². The minimum atomic E-state index is -0.792. The van der Waals surface area contributed by atoms with Gasteiger partial charge in [-0.25, -0.2) is 0 Å². The number of furan rings is 1. The molecule has 1 unspecified atom stereocenters. The van der Waals surface area contributed by atoms with Gasteiger partial charge in [0.25, 0.3) is 0 Å². The van der Waals surface area contributed by atoms with Gasteiger partial charge in [-0.05, 0) is 23.6 Å². The summed E-state index contributed by atoms with van der Waals surface area (Å²) < 4.78 is 5.06. The van der Waals surface area contributed by atoms with Gasteiger partial charge in [0.2, 0.25) is 0 Å². The van der Waals surface area contributed by atoms with E-state index in [0.29, 0.717) is 6.42 Å². The van der Waals surface area contributed by atoms with E-state index in [1.54, 1.807) is 12.5 Å². The molecule has 0 spiro atoms. The summed E-state index contributed by atoms with van der Waals surface area (Å²) in [6, 6.07) is 11.8. The molecule has 0 aliphatic rings. The van der Waals surface area contributed by atoms with Crippen LogP contribution in [0, 0.1) is 0 Å². The van der Waals surface area contributed by atoms with Gasteiger partial charge in [0.1, 0.15) is 0 Å². The highest BCUT2D eigenvalue weighted by atomic mass is 16.3. The van der Waals surface area contributed by atoms with Crippen molar-refractivity contribution in [3.05, 3.63) is 60.1 Å². The third kappa shape index (κ3) is 2.77. The molecule has 1 heterocycles. The van der Waals surface area contributed by atoms with Gasteiger partial charge < -0.3 is 9.52 Å². The van der Waals surface area contributed by atoms with Crippen LogP contribution in [-0.4, -0.2) is 5.11 Å². The Balaban J connectivity index is 2.26. The Morgan fingerprint density at radius 1 is 1.18 bits per heavy atom. The van der Waals surface area contributed by atoms with Crippen molar-refractivity contribution in [2.75, 3.05) is 0 Å². The first-order valence-electron chi connectivity index (χ1n) is 6.03. The van der Waals surface area contributed by atoms with Crippen LogP contribution in [0.25, 0.3) is 0 Å². The van der Waals surface area contributed by atoms with Crippen LogP contribution in [-0.2, 0) is 12.0 Å². The molecule has 0 saturated heterocycles. The Hall–Kier alpha value is -1.54. The highest BCUT2D eigenvalue weighted by molar-refractivity contribution is 5.25. The molecule has 2 aromatic rings. The molecule has 1 atom stereocenters. The van der Waals surface area contributed by atoms with E-state index in [4.69, 9.17) is 4.42 Å². The molecular weight excluding hydrogens is 212 g/mol. The number of aliphatic hydroxyl groups is 1. The maximum Gasteiger partial charge on any atom is 0.0937 e. The normalized spacial score (nSPS) is 14.5. The van der Waals surface area contributed by atoms with Crippen molar-refractivity contribution in [3.63, 3.8) is 0 Å². The first-order valence-corrected chi connectivity index (χ1v) is 6.03. The van der Waals surface area contributed by atoms with E-state index in [1.165, 1.54) is 0 Å². The average molecular weight is 230 g/mol. The minimum absolute atomic E-state index is 0.599. The largest absolute Gasteiger partial charge is 0.472 e. The summed E-state index contributed by atoms with van der Waals surface area (Å²) >= 11 is 0. The quantitative estimate of drug-likeness (QED) is 0.852. The SMILES string of the molecule is CCCC(O)(Cc1ccoc1)c1ccccc1. The second kappa shape index (κ2) is 5.19. The third-order valence-electron chi connectivity index (χ3n) is 3.05. The smallest absolute Gasteiger partial charge is 0.0937 e. The second-order valence-electron chi connectivity index (χ2n) is 4.46. The van der Waals surface area contributed by atoms with Crippen LogP contribution in [0.15, 0.2) is 53.3 Å². The molecule has 0 aliphatic carbocycles. The summed E-state index contributed by atoms with van der Waals surface area (Å²) in [5.74, 6) is 0. The zero-order valence-electron chi connectivity index (χ0n) is 10.1. The molecule has 0 amide bonds. The molecule has 0 radical (unpaired) electrons. The molecule has 0 bridgehead atoms. The summed E-state index contributed by atoms with van der Waals surface area (Å²) in [5, 5.41) is 10.8. The predicted molar refractivity (Wildman–Crippen MR) is 67.7 cm³/mol. The number of hydrogen-bond donors (Lipinski definition) is 1. The van der Waals surface area contributed by atoms with Gasteiger partial charge in [-0.15, -0.1) is 0 Å². The fourth-order valence-electron chi connectivity index (χ4n) is 2.23. The highest BCUT2D eigenvalue weighted by Gasteiger charge is 2.28. The lowest BCUT2D eigenvalue weighted by molar-refractivity contribution is 0.0267. The molecule has 0 fully saturated rings. The molecule has 0 aliphatic heterocycles. The lowest BCUT2D eigenvalue weighted by Crippen LogP contribution is -2.28. The van der Waals surface area contributed by atoms with Crippen LogP contribution in [0.4, 0.5) is 0 Å². The molecule has 2 rings (SSSR count). The average Bonchev–Trinajstić information content (AvgIpc) is 2.83. The summed E-state index contributed by atoms with van der Waals surface area (Å²) in [5.41, 5.74) is 1.22. The Bertz CT molecular complexity index is 433. The molecule has 2 nitrogen and oxygen atoms in total. The van der Waals surface area contributed by atoms with Gasteiger partial charge in [-0.3, -0.25) is 0 Å². The summed E-state index contributed by atoms with van der Waals surface area (Å²) in [4.78, 5) is 0. The molecule has 0 saturated carbocycles. The third-order valence-corrected chi connectivity index (χ3v) is 3.05. The molecule has 2 heteroatoms. The standard InChI is InChI=1S/C15H18O2/c1-2-9-15(16,11-13-8-10-17-12-13)14-6-4-3-5-7-14/h3-8,10,12,16H,2,9,11H2,1H3. The molecule has 90 valence electrons. The van der Waals surface area contributed by atoms with Crippen molar-refractivity contribution in [1.82, 2.24) is 0 Å². The van der Waals surface area contributed by atoms with Crippen molar-refractivity contribution < 1.29 is 9.52 Å². The first kappa shape index (κ1) is 11.9. The number of hydrogen-bond acceptors (Lipinski definition) is 2. The Labute approximate surface area is 102 Å². The lowest BCUT2D eigenvalue weighted by Gasteiger charge is -2.28. The summed E-state index contributed by atoms with van der Waals surface area (Å²) in [6.07, 6.45) is 5.64. The maximum atomic E-state index is 10.8. The second-order valence-corrected chi connectivity index (χ2v) is 4.46. The van der Waals surface area contributed by atoms with Crippen molar-refractivity contribution in [2.24, 2.45) is 0 Å². The van der Waals surface area contributed by atoms with E-state index in [9.17, 15) is 5.11 Å². The Morgan fingerprint density at radius 2 is 1.94 bits per heavy atom. The van der Waals surface area contributed by atoms with E-state index >= 15 is 0 Å². The topological polar surface area (TPSA) is 33.4 Å². The number of benzene rings is 1. The fourth-order valence-corrected chi connectivity index (χ4v) is 2.23. The molecular formula is C15H18O2. The Kier molecular flexibility index (Phi) is 3.64. The van der Waals surface area contributed by atoms with Crippen LogP contribution in [0.3, 0.4) is 0 Å². The lowest BCUT2D eigenvalue weighted by atomic mass is 9.84. The molecule has 1 N–H and O–H groups in total. The van der Waals surface area contributed by atoms with Gasteiger partial charge in [0, 0.05) is 6.42 Å². The van der Waals surface area contributed by atoms with Gasteiger partial charge >= 0.3 is 0 Å². The summed E-state index contributed by atoms with van der Waals surface area (Å²) in [6.45, 7) is 2.09. The van der Waals surface area contributed by atoms with Crippen LogP contribution >= 0.6 is 0 Å². The highest BCUT2D eigenvalue weighted by Crippen LogP contribution is 2.30. The Morgan fingerprint density at radius 3 is 2.53 bits per heavy atom. The van der Waals surface area contributed by atoms with E-state index in [1.807, 2.05) is 36.4 Å². The summed E-state index contributed by atoms with van der Waals surface area (Å²) in [7, 11) is 0. The predicted octanol–water partition coefficient (Wildman–Crippen LogP) is 3.51. The zero-order valence-corrected chi connectivity index (χ0v) is 10.1. The molecule has 17 heavy (non-hydrogen) atoms.